The molecule has 7 heteroatoms. The summed E-state index contributed by atoms with van der Waals surface area (Å²) in [6.07, 6.45) is 0.431. The smallest absolute Gasteiger partial charge is 0.243 e. The highest BCUT2D eigenvalue weighted by molar-refractivity contribution is 7.99. The van der Waals surface area contributed by atoms with E-state index in [4.69, 9.17) is 23.2 Å². The van der Waals surface area contributed by atoms with Gasteiger partial charge >= 0.3 is 0 Å². The molecule has 3 rings (SSSR count). The van der Waals surface area contributed by atoms with Gasteiger partial charge in [0.1, 0.15) is 6.04 Å². The van der Waals surface area contributed by atoms with Gasteiger partial charge in [-0.1, -0.05) is 77.8 Å². The Bertz CT molecular complexity index is 1080. The summed E-state index contributed by atoms with van der Waals surface area (Å²) in [5.74, 6) is 0.683. The average Bonchev–Trinajstić information content (AvgIpc) is 2.83. The zero-order chi connectivity index (χ0) is 24.3. The molecule has 0 aliphatic rings. The number of hydrogen-bond donors (Lipinski definition) is 1. The summed E-state index contributed by atoms with van der Waals surface area (Å²) in [6, 6.07) is 24.1. The van der Waals surface area contributed by atoms with Crippen LogP contribution in [0.3, 0.4) is 0 Å². The van der Waals surface area contributed by atoms with Crippen molar-refractivity contribution >= 4 is 46.8 Å². The number of thioether (sulfide) groups is 1. The molecule has 3 aromatic carbocycles. The van der Waals surface area contributed by atoms with Crippen LogP contribution in [0.25, 0.3) is 0 Å². The predicted octanol–water partition coefficient (Wildman–Crippen LogP) is 6.00. The first kappa shape index (κ1) is 26.1. The molecule has 0 aliphatic carbocycles. The minimum Gasteiger partial charge on any atom is -0.355 e. The van der Waals surface area contributed by atoms with Crippen molar-refractivity contribution in [2.45, 2.75) is 31.7 Å². The van der Waals surface area contributed by atoms with Crippen molar-refractivity contribution in [2.24, 2.45) is 0 Å². The Hall–Kier alpha value is -2.47. The van der Waals surface area contributed by atoms with Gasteiger partial charge in [-0.3, -0.25) is 9.59 Å². The minimum atomic E-state index is -0.634. The zero-order valence-corrected chi connectivity index (χ0v) is 21.4. The number of amides is 2. The van der Waals surface area contributed by atoms with Gasteiger partial charge in [0.2, 0.25) is 11.8 Å². The van der Waals surface area contributed by atoms with Crippen molar-refractivity contribution in [2.75, 3.05) is 12.3 Å². The Morgan fingerprint density at radius 3 is 2.26 bits per heavy atom. The fraction of sp³-hybridized carbons (Fsp3) is 0.259. The Labute approximate surface area is 215 Å². The molecule has 178 valence electrons. The zero-order valence-electron chi connectivity index (χ0n) is 19.0. The van der Waals surface area contributed by atoms with E-state index < -0.39 is 6.04 Å². The van der Waals surface area contributed by atoms with E-state index in [1.165, 1.54) is 11.8 Å². The van der Waals surface area contributed by atoms with E-state index in [1.54, 1.807) is 11.0 Å². The molecule has 0 bridgehead atoms. The van der Waals surface area contributed by atoms with Crippen LogP contribution in [0.5, 0.6) is 0 Å². The molecule has 0 fully saturated rings. The molecule has 0 unspecified atom stereocenters. The van der Waals surface area contributed by atoms with Crippen molar-refractivity contribution < 1.29 is 9.59 Å². The third-order valence-electron chi connectivity index (χ3n) is 5.27. The van der Waals surface area contributed by atoms with E-state index in [2.05, 4.69) is 5.32 Å². The fourth-order valence-corrected chi connectivity index (χ4v) is 4.81. The van der Waals surface area contributed by atoms with Crippen molar-refractivity contribution in [3.8, 4) is 0 Å². The minimum absolute atomic E-state index is 0.0916. The normalized spacial score (nSPS) is 11.6. The molecule has 0 radical (unpaired) electrons. The van der Waals surface area contributed by atoms with Crippen LogP contribution in [-0.4, -0.2) is 35.1 Å². The van der Waals surface area contributed by atoms with Gasteiger partial charge in [-0.2, -0.15) is 0 Å². The second-order valence-corrected chi connectivity index (χ2v) is 9.73. The molecule has 0 heterocycles. The van der Waals surface area contributed by atoms with Crippen LogP contribution in [0.4, 0.5) is 0 Å². The summed E-state index contributed by atoms with van der Waals surface area (Å²) >= 11 is 13.7. The Morgan fingerprint density at radius 2 is 1.59 bits per heavy atom. The second kappa shape index (κ2) is 13.4. The third-order valence-corrected chi connectivity index (χ3v) is 6.75. The highest BCUT2D eigenvalue weighted by Gasteiger charge is 2.30. The Morgan fingerprint density at radius 1 is 0.882 bits per heavy atom. The summed E-state index contributed by atoms with van der Waals surface area (Å²) < 4.78 is 0. The summed E-state index contributed by atoms with van der Waals surface area (Å²) in [5.41, 5.74) is 2.97. The largest absolute Gasteiger partial charge is 0.355 e. The van der Waals surface area contributed by atoms with Gasteiger partial charge in [-0.25, -0.2) is 0 Å². The van der Waals surface area contributed by atoms with Gasteiger partial charge in [0.15, 0.2) is 0 Å². The highest BCUT2D eigenvalue weighted by Crippen LogP contribution is 2.20. The lowest BCUT2D eigenvalue weighted by Crippen LogP contribution is -2.51. The summed E-state index contributed by atoms with van der Waals surface area (Å²) in [5, 5.41) is 4.19. The van der Waals surface area contributed by atoms with Crippen molar-refractivity contribution in [1.29, 1.82) is 0 Å². The monoisotopic (exact) mass is 514 g/mol. The van der Waals surface area contributed by atoms with Gasteiger partial charge < -0.3 is 10.2 Å². The van der Waals surface area contributed by atoms with Crippen LogP contribution in [0.15, 0.2) is 78.9 Å². The van der Waals surface area contributed by atoms with E-state index in [9.17, 15) is 9.59 Å². The Balaban J connectivity index is 1.81. The molecule has 0 aromatic heterocycles. The predicted molar refractivity (Wildman–Crippen MR) is 142 cm³/mol. The molecule has 1 atom stereocenters. The molecule has 1 N–H and O–H groups in total. The molecule has 0 saturated heterocycles. The number of hydrogen-bond acceptors (Lipinski definition) is 3. The van der Waals surface area contributed by atoms with Gasteiger partial charge in [-0.05, 0) is 47.9 Å². The number of nitrogens with zero attached hydrogens (tertiary/aromatic N) is 1. The Kier molecular flexibility index (Phi) is 10.3. The standard InChI is InChI=1S/C27H28Cl2N2O2S/c1-2-30-27(33)25(16-20-7-4-3-5-8-20)31(17-22-9-6-10-24(29)15-22)26(32)19-34-18-21-11-13-23(28)14-12-21/h3-15,25H,2,16-19H2,1H3,(H,30,33)/t25-/m0/s1. The third kappa shape index (κ3) is 8.08. The summed E-state index contributed by atoms with van der Waals surface area (Å²) in [4.78, 5) is 28.3. The SMILES string of the molecule is CCNC(=O)[C@H](Cc1ccccc1)N(Cc1cccc(Cl)c1)C(=O)CSCc1ccc(Cl)cc1. The van der Waals surface area contributed by atoms with Crippen LogP contribution < -0.4 is 5.32 Å². The van der Waals surface area contributed by atoms with Gasteiger partial charge in [0, 0.05) is 35.3 Å². The molecule has 0 spiro atoms. The van der Waals surface area contributed by atoms with Gasteiger partial charge in [-0.15, -0.1) is 11.8 Å². The number of nitrogens with one attached hydrogen (secondary N) is 1. The van der Waals surface area contributed by atoms with E-state index in [0.29, 0.717) is 35.3 Å². The second-order valence-electron chi connectivity index (χ2n) is 7.87. The molecule has 34 heavy (non-hydrogen) atoms. The highest BCUT2D eigenvalue weighted by atomic mass is 35.5. The van der Waals surface area contributed by atoms with Crippen molar-refractivity contribution in [3.05, 3.63) is 106 Å². The van der Waals surface area contributed by atoms with Crippen LogP contribution >= 0.6 is 35.0 Å². The van der Waals surface area contributed by atoms with Crippen molar-refractivity contribution in [3.63, 3.8) is 0 Å². The molecule has 3 aromatic rings. The summed E-state index contributed by atoms with van der Waals surface area (Å²) in [7, 11) is 0. The number of carbonyl (C=O) groups is 2. The van der Waals surface area contributed by atoms with E-state index in [-0.39, 0.29) is 17.6 Å². The quantitative estimate of drug-likeness (QED) is 0.341. The number of benzene rings is 3. The van der Waals surface area contributed by atoms with E-state index >= 15 is 0 Å². The van der Waals surface area contributed by atoms with Crippen LogP contribution in [-0.2, 0) is 28.3 Å². The van der Waals surface area contributed by atoms with E-state index in [1.807, 2.05) is 79.7 Å². The molecular formula is C27H28Cl2N2O2S. The first-order valence-electron chi connectivity index (χ1n) is 11.1. The lowest BCUT2D eigenvalue weighted by Gasteiger charge is -2.31. The maximum absolute atomic E-state index is 13.5. The van der Waals surface area contributed by atoms with Crippen LogP contribution in [0, 0.1) is 0 Å². The maximum Gasteiger partial charge on any atom is 0.243 e. The van der Waals surface area contributed by atoms with Gasteiger partial charge in [0.25, 0.3) is 0 Å². The molecule has 2 amide bonds. The lowest BCUT2D eigenvalue weighted by molar-refractivity contribution is -0.139. The van der Waals surface area contributed by atoms with Crippen molar-refractivity contribution in [1.82, 2.24) is 10.2 Å². The number of halogens is 2. The molecule has 0 saturated carbocycles. The lowest BCUT2D eigenvalue weighted by atomic mass is 10.0. The number of carbonyl (C=O) groups excluding carboxylic acids is 2. The van der Waals surface area contributed by atoms with Crippen LogP contribution in [0.1, 0.15) is 23.6 Å². The number of rotatable bonds is 11. The fourth-order valence-electron chi connectivity index (χ4n) is 3.60. The maximum atomic E-state index is 13.5. The van der Waals surface area contributed by atoms with Crippen LogP contribution in [0.2, 0.25) is 10.0 Å². The van der Waals surface area contributed by atoms with Gasteiger partial charge in [0.05, 0.1) is 5.75 Å². The van der Waals surface area contributed by atoms with E-state index in [0.717, 1.165) is 16.7 Å². The number of likely N-dealkylation sites (N-methyl/N-ethyl adjacent to an activating group) is 1. The molecule has 0 aliphatic heterocycles. The summed E-state index contributed by atoms with van der Waals surface area (Å²) in [6.45, 7) is 2.67. The molecular weight excluding hydrogens is 487 g/mol. The first-order valence-corrected chi connectivity index (χ1v) is 13.0. The topological polar surface area (TPSA) is 49.4 Å². The average molecular weight is 516 g/mol. The first-order chi connectivity index (χ1) is 16.5. The molecule has 4 nitrogen and oxygen atoms in total.